The summed E-state index contributed by atoms with van der Waals surface area (Å²) in [5.74, 6) is 0.621. The Morgan fingerprint density at radius 3 is 2.69 bits per heavy atom. The minimum absolute atomic E-state index is 0.217. The van der Waals surface area contributed by atoms with Gasteiger partial charge in [0.2, 0.25) is 0 Å². The fourth-order valence-electron chi connectivity index (χ4n) is 4.36. The summed E-state index contributed by atoms with van der Waals surface area (Å²) in [6.45, 7) is 10.3. The number of nitrogens with two attached hydrogens (primary N) is 1. The van der Waals surface area contributed by atoms with Gasteiger partial charge in [-0.1, -0.05) is 17.7 Å². The summed E-state index contributed by atoms with van der Waals surface area (Å²) in [5.41, 5.74) is -0.172. The van der Waals surface area contributed by atoms with Crippen LogP contribution in [0.3, 0.4) is 0 Å². The van der Waals surface area contributed by atoms with Crippen molar-refractivity contribution in [1.29, 1.82) is 0 Å². The number of primary sulfonamides is 1. The zero-order valence-corrected chi connectivity index (χ0v) is 22.4. The quantitative estimate of drug-likeness (QED) is 0.536. The van der Waals surface area contributed by atoms with Crippen LogP contribution in [0.4, 0.5) is 10.6 Å². The lowest BCUT2D eigenvalue weighted by Gasteiger charge is -2.33. The number of sulfonamides is 1. The molecule has 2 aromatic rings. The summed E-state index contributed by atoms with van der Waals surface area (Å²) in [6.07, 6.45) is 3.62. The first-order valence-electron chi connectivity index (χ1n) is 11.5. The van der Waals surface area contributed by atoms with Crippen molar-refractivity contribution in [3.05, 3.63) is 47.2 Å². The molecule has 2 aromatic heterocycles. The molecule has 3 N–H and O–H groups in total. The van der Waals surface area contributed by atoms with E-state index in [4.69, 9.17) is 21.5 Å². The molecular formula is C24H34ClN5O4S. The van der Waals surface area contributed by atoms with Gasteiger partial charge in [-0.25, -0.2) is 23.3 Å². The summed E-state index contributed by atoms with van der Waals surface area (Å²) in [5, 5.41) is 8.86. The maximum atomic E-state index is 12.8. The maximum absolute atomic E-state index is 12.8. The summed E-state index contributed by atoms with van der Waals surface area (Å²) >= 11 is 6.21. The maximum Gasteiger partial charge on any atom is 0.410 e. The van der Waals surface area contributed by atoms with Gasteiger partial charge in [-0.3, -0.25) is 4.98 Å². The molecule has 11 heteroatoms. The number of hydrogen-bond acceptors (Lipinski definition) is 7. The Morgan fingerprint density at radius 1 is 1.34 bits per heavy atom. The van der Waals surface area contributed by atoms with Gasteiger partial charge in [-0.15, -0.1) is 0 Å². The molecule has 1 aliphatic heterocycles. The fourth-order valence-corrected chi connectivity index (χ4v) is 5.02. The smallest absolute Gasteiger partial charge is 0.410 e. The molecular weight excluding hydrogens is 490 g/mol. The van der Waals surface area contributed by atoms with Gasteiger partial charge in [0.05, 0.1) is 11.7 Å². The van der Waals surface area contributed by atoms with Crippen LogP contribution < -0.4 is 10.5 Å². The van der Waals surface area contributed by atoms with E-state index in [1.54, 1.807) is 35.4 Å². The zero-order valence-electron chi connectivity index (χ0n) is 20.8. The van der Waals surface area contributed by atoms with Crippen LogP contribution >= 0.6 is 11.6 Å². The number of nitrogens with zero attached hydrogens (tertiary/aromatic N) is 3. The van der Waals surface area contributed by atoms with Gasteiger partial charge in [0.25, 0.3) is 10.0 Å². The van der Waals surface area contributed by atoms with Gasteiger partial charge < -0.3 is 15.0 Å². The molecule has 0 aromatic carbocycles. The monoisotopic (exact) mass is 523 g/mol. The first kappa shape index (κ1) is 27.2. The van der Waals surface area contributed by atoms with Crippen LogP contribution in [0.25, 0.3) is 0 Å². The number of ether oxygens (including phenoxy) is 1. The van der Waals surface area contributed by atoms with Crippen molar-refractivity contribution in [2.45, 2.75) is 76.1 Å². The van der Waals surface area contributed by atoms with Crippen molar-refractivity contribution in [2.75, 3.05) is 11.9 Å². The molecule has 0 bridgehead atoms. The Kier molecular flexibility index (Phi) is 7.98. The number of halogens is 1. The number of amides is 1. The largest absolute Gasteiger partial charge is 0.444 e. The summed E-state index contributed by atoms with van der Waals surface area (Å²) in [4.78, 5) is 23.2. The third-order valence-corrected chi connectivity index (χ3v) is 6.92. The van der Waals surface area contributed by atoms with Gasteiger partial charge >= 0.3 is 6.09 Å². The van der Waals surface area contributed by atoms with E-state index in [0.717, 1.165) is 12.8 Å². The third-order valence-electron chi connectivity index (χ3n) is 5.87. The predicted octanol–water partition coefficient (Wildman–Crippen LogP) is 4.75. The van der Waals surface area contributed by atoms with Gasteiger partial charge in [0.15, 0.2) is 5.03 Å². The molecule has 35 heavy (non-hydrogen) atoms. The molecule has 1 aliphatic rings. The highest BCUT2D eigenvalue weighted by atomic mass is 35.5. The van der Waals surface area contributed by atoms with Crippen LogP contribution in [0.5, 0.6) is 0 Å². The van der Waals surface area contributed by atoms with Gasteiger partial charge in [0, 0.05) is 23.3 Å². The second-order valence-corrected chi connectivity index (χ2v) is 12.5. The van der Waals surface area contributed by atoms with E-state index in [0.29, 0.717) is 29.5 Å². The summed E-state index contributed by atoms with van der Waals surface area (Å²) in [7, 11) is -3.94. The molecule has 0 radical (unpaired) electrons. The van der Waals surface area contributed by atoms with Crippen LogP contribution in [-0.4, -0.2) is 47.1 Å². The molecule has 2 atom stereocenters. The molecule has 1 unspecified atom stereocenters. The zero-order chi connectivity index (χ0) is 26.0. The standard InChI is InChI=1S/C24H34ClN5O4S/c1-23(2,3)34-22(31)30-15-16(14-24(30,4)5)9-10-18(19-13-17(25)11-12-27-19)28-20-7-6-8-21(29-20)35(26,32)33/h6-8,11-13,16,18H,9-10,14-15H2,1-5H3,(H,28,29)(H2,26,32,33)/t16-,18?/m0/s1. The highest BCUT2D eigenvalue weighted by molar-refractivity contribution is 7.89. The molecule has 0 aliphatic carbocycles. The molecule has 1 saturated heterocycles. The first-order valence-corrected chi connectivity index (χ1v) is 13.4. The average Bonchev–Trinajstić information content (AvgIpc) is 3.04. The molecule has 3 rings (SSSR count). The number of hydrogen-bond donors (Lipinski definition) is 2. The Balaban J connectivity index is 1.76. The molecule has 0 saturated carbocycles. The van der Waals surface area contributed by atoms with Crippen LogP contribution in [0.15, 0.2) is 41.6 Å². The van der Waals surface area contributed by atoms with E-state index in [1.807, 2.05) is 34.6 Å². The Hall–Kier alpha value is -2.43. The number of carbonyl (C=O) groups is 1. The normalized spacial score (nSPS) is 18.8. The van der Waals surface area contributed by atoms with E-state index < -0.39 is 15.6 Å². The van der Waals surface area contributed by atoms with Crippen LogP contribution in [0, 0.1) is 5.92 Å². The van der Waals surface area contributed by atoms with E-state index in [2.05, 4.69) is 15.3 Å². The average molecular weight is 524 g/mol. The highest BCUT2D eigenvalue weighted by Crippen LogP contribution is 2.37. The molecule has 3 heterocycles. The second-order valence-electron chi connectivity index (χ2n) is 10.6. The van der Waals surface area contributed by atoms with Crippen LogP contribution in [0.2, 0.25) is 5.02 Å². The summed E-state index contributed by atoms with van der Waals surface area (Å²) < 4.78 is 29.1. The first-order chi connectivity index (χ1) is 16.1. The molecule has 1 fully saturated rings. The van der Waals surface area contributed by atoms with E-state index >= 15 is 0 Å². The van der Waals surface area contributed by atoms with Gasteiger partial charge in [-0.05, 0) is 84.1 Å². The minimum Gasteiger partial charge on any atom is -0.444 e. The summed E-state index contributed by atoms with van der Waals surface area (Å²) in [6, 6.07) is 7.79. The molecule has 9 nitrogen and oxygen atoms in total. The van der Waals surface area contributed by atoms with Crippen molar-refractivity contribution >= 4 is 33.5 Å². The fraction of sp³-hybridized carbons (Fsp3) is 0.542. The Morgan fingerprint density at radius 2 is 2.06 bits per heavy atom. The lowest BCUT2D eigenvalue weighted by Crippen LogP contribution is -2.45. The number of carbonyl (C=O) groups excluding carboxylic acids is 1. The minimum atomic E-state index is -3.94. The number of nitrogens with one attached hydrogen (secondary N) is 1. The second kappa shape index (κ2) is 10.3. The number of pyridine rings is 2. The van der Waals surface area contributed by atoms with Crippen molar-refractivity contribution in [3.63, 3.8) is 0 Å². The SMILES string of the molecule is CC(C)(C)OC(=O)N1C[C@@H](CCC(Nc2cccc(S(N)(=O)=O)n2)c2cc(Cl)ccn2)CC1(C)C. The lowest BCUT2D eigenvalue weighted by atomic mass is 9.91. The third kappa shape index (κ3) is 7.52. The number of anilines is 1. The number of aromatic nitrogens is 2. The van der Waals surface area contributed by atoms with Gasteiger partial charge in [-0.2, -0.15) is 0 Å². The van der Waals surface area contributed by atoms with Crippen molar-refractivity contribution in [2.24, 2.45) is 11.1 Å². The van der Waals surface area contributed by atoms with Crippen LogP contribution in [0.1, 0.15) is 65.6 Å². The van der Waals surface area contributed by atoms with Crippen molar-refractivity contribution in [1.82, 2.24) is 14.9 Å². The molecule has 1 amide bonds. The van der Waals surface area contributed by atoms with E-state index in [9.17, 15) is 13.2 Å². The predicted molar refractivity (Wildman–Crippen MR) is 136 cm³/mol. The Labute approximate surface area is 212 Å². The van der Waals surface area contributed by atoms with Crippen molar-refractivity contribution in [3.8, 4) is 0 Å². The van der Waals surface area contributed by atoms with E-state index in [1.165, 1.54) is 6.07 Å². The molecule has 192 valence electrons. The molecule has 0 spiro atoms. The van der Waals surface area contributed by atoms with E-state index in [-0.39, 0.29) is 28.6 Å². The highest BCUT2D eigenvalue weighted by Gasteiger charge is 2.42. The van der Waals surface area contributed by atoms with Crippen LogP contribution in [-0.2, 0) is 14.8 Å². The topological polar surface area (TPSA) is 128 Å². The van der Waals surface area contributed by atoms with Crippen molar-refractivity contribution < 1.29 is 17.9 Å². The lowest BCUT2D eigenvalue weighted by molar-refractivity contribution is 0.0130. The number of rotatable bonds is 7. The van der Waals surface area contributed by atoms with Gasteiger partial charge in [0.1, 0.15) is 11.4 Å². The number of likely N-dealkylation sites (tertiary alicyclic amines) is 1. The Bertz CT molecular complexity index is 1170.